The lowest BCUT2D eigenvalue weighted by molar-refractivity contribution is -0.128. The second-order valence-corrected chi connectivity index (χ2v) is 4.56. The van der Waals surface area contributed by atoms with Gasteiger partial charge in [-0.2, -0.15) is 0 Å². The summed E-state index contributed by atoms with van der Waals surface area (Å²) in [6.07, 6.45) is 3.32. The number of aliphatic hydroxyl groups excluding tert-OH is 1. The van der Waals surface area contributed by atoms with E-state index in [0.29, 0.717) is 5.76 Å². The molecule has 1 aromatic rings. The average molecular weight is 223 g/mol. The minimum Gasteiger partial charge on any atom is -0.465 e. The fourth-order valence-electron chi connectivity index (χ4n) is 1.10. The van der Waals surface area contributed by atoms with Crippen molar-refractivity contribution in [3.63, 3.8) is 0 Å². The van der Waals surface area contributed by atoms with E-state index in [1.54, 1.807) is 18.2 Å². The summed E-state index contributed by atoms with van der Waals surface area (Å²) in [5, 5.41) is 12.2. The van der Waals surface area contributed by atoms with Gasteiger partial charge in [0.1, 0.15) is 5.76 Å². The SMILES string of the molecule is CC(C)(C)NC(=O)[C@@H](O)/C=C/c1ccco1. The molecule has 0 aliphatic carbocycles. The first-order valence-electron chi connectivity index (χ1n) is 5.10. The largest absolute Gasteiger partial charge is 0.465 e. The smallest absolute Gasteiger partial charge is 0.253 e. The molecule has 1 aromatic heterocycles. The summed E-state index contributed by atoms with van der Waals surface area (Å²) in [5.41, 5.74) is -0.351. The van der Waals surface area contributed by atoms with Crippen molar-refractivity contribution in [2.75, 3.05) is 0 Å². The summed E-state index contributed by atoms with van der Waals surface area (Å²) in [5.74, 6) is 0.179. The Morgan fingerprint density at radius 2 is 2.25 bits per heavy atom. The Labute approximate surface area is 95.0 Å². The first kappa shape index (κ1) is 12.5. The third kappa shape index (κ3) is 4.31. The molecule has 0 saturated heterocycles. The predicted molar refractivity (Wildman–Crippen MR) is 61.6 cm³/mol. The number of hydrogen-bond donors (Lipinski definition) is 2. The van der Waals surface area contributed by atoms with Gasteiger partial charge in [0.05, 0.1) is 6.26 Å². The summed E-state index contributed by atoms with van der Waals surface area (Å²) in [7, 11) is 0. The number of amides is 1. The van der Waals surface area contributed by atoms with Gasteiger partial charge in [0.25, 0.3) is 5.91 Å². The normalized spacial score (nSPS) is 14.0. The summed E-state index contributed by atoms with van der Waals surface area (Å²) in [6, 6.07) is 3.48. The van der Waals surface area contributed by atoms with Crippen molar-refractivity contribution >= 4 is 12.0 Å². The van der Waals surface area contributed by atoms with Gasteiger partial charge in [0, 0.05) is 5.54 Å². The Morgan fingerprint density at radius 3 is 2.75 bits per heavy atom. The molecule has 88 valence electrons. The van der Waals surface area contributed by atoms with Gasteiger partial charge >= 0.3 is 0 Å². The highest BCUT2D eigenvalue weighted by Gasteiger charge is 2.18. The first-order chi connectivity index (χ1) is 7.38. The molecule has 1 heterocycles. The second-order valence-electron chi connectivity index (χ2n) is 4.56. The molecule has 0 unspecified atom stereocenters. The number of aliphatic hydroxyl groups is 1. The Hall–Kier alpha value is -1.55. The molecular formula is C12H17NO3. The van der Waals surface area contributed by atoms with E-state index in [-0.39, 0.29) is 5.54 Å². The fraction of sp³-hybridized carbons (Fsp3) is 0.417. The molecule has 1 amide bonds. The molecule has 0 spiro atoms. The van der Waals surface area contributed by atoms with Crippen LogP contribution in [0.2, 0.25) is 0 Å². The van der Waals surface area contributed by atoms with Gasteiger partial charge in [0.15, 0.2) is 6.10 Å². The van der Waals surface area contributed by atoms with E-state index in [4.69, 9.17) is 4.42 Å². The maximum absolute atomic E-state index is 11.5. The molecule has 0 fully saturated rings. The topological polar surface area (TPSA) is 62.5 Å². The molecule has 0 aliphatic rings. The van der Waals surface area contributed by atoms with Crippen LogP contribution >= 0.6 is 0 Å². The monoisotopic (exact) mass is 223 g/mol. The number of carbonyl (C=O) groups is 1. The highest BCUT2D eigenvalue weighted by Crippen LogP contribution is 2.04. The Kier molecular flexibility index (Phi) is 3.90. The van der Waals surface area contributed by atoms with Crippen molar-refractivity contribution in [3.8, 4) is 0 Å². The van der Waals surface area contributed by atoms with Gasteiger partial charge < -0.3 is 14.8 Å². The minimum atomic E-state index is -1.16. The van der Waals surface area contributed by atoms with E-state index in [1.165, 1.54) is 12.3 Å². The van der Waals surface area contributed by atoms with Crippen LogP contribution in [0.4, 0.5) is 0 Å². The van der Waals surface area contributed by atoms with Crippen LogP contribution in [0.5, 0.6) is 0 Å². The van der Waals surface area contributed by atoms with Gasteiger partial charge in [-0.15, -0.1) is 0 Å². The van der Waals surface area contributed by atoms with Crippen LogP contribution in [0.25, 0.3) is 6.08 Å². The van der Waals surface area contributed by atoms with Crippen LogP contribution in [0.3, 0.4) is 0 Å². The molecule has 4 heteroatoms. The maximum Gasteiger partial charge on any atom is 0.253 e. The molecule has 0 bridgehead atoms. The molecule has 4 nitrogen and oxygen atoms in total. The van der Waals surface area contributed by atoms with Gasteiger partial charge in [-0.1, -0.05) is 0 Å². The summed E-state index contributed by atoms with van der Waals surface area (Å²) in [6.45, 7) is 5.57. The third-order valence-electron chi connectivity index (χ3n) is 1.75. The van der Waals surface area contributed by atoms with Gasteiger partial charge in [-0.05, 0) is 45.1 Å². The molecule has 16 heavy (non-hydrogen) atoms. The van der Waals surface area contributed by atoms with E-state index in [0.717, 1.165) is 0 Å². The Bertz CT molecular complexity index is 360. The molecular weight excluding hydrogens is 206 g/mol. The van der Waals surface area contributed by atoms with Gasteiger partial charge in [-0.25, -0.2) is 0 Å². The number of nitrogens with one attached hydrogen (secondary N) is 1. The quantitative estimate of drug-likeness (QED) is 0.817. The number of rotatable bonds is 3. The van der Waals surface area contributed by atoms with Crippen LogP contribution in [0, 0.1) is 0 Å². The van der Waals surface area contributed by atoms with E-state index in [9.17, 15) is 9.90 Å². The number of furan rings is 1. The van der Waals surface area contributed by atoms with Gasteiger partial charge in [0.2, 0.25) is 0 Å². The number of hydrogen-bond acceptors (Lipinski definition) is 3. The Morgan fingerprint density at radius 1 is 1.56 bits per heavy atom. The average Bonchev–Trinajstić information content (AvgIpc) is 2.63. The molecule has 0 aromatic carbocycles. The molecule has 0 saturated carbocycles. The zero-order chi connectivity index (χ0) is 12.2. The zero-order valence-electron chi connectivity index (χ0n) is 9.73. The summed E-state index contributed by atoms with van der Waals surface area (Å²) < 4.78 is 5.03. The van der Waals surface area contributed by atoms with Crippen molar-refractivity contribution in [2.24, 2.45) is 0 Å². The summed E-state index contributed by atoms with van der Waals surface area (Å²) >= 11 is 0. The highest BCUT2D eigenvalue weighted by atomic mass is 16.3. The van der Waals surface area contributed by atoms with Crippen LogP contribution < -0.4 is 5.32 Å². The highest BCUT2D eigenvalue weighted by molar-refractivity contribution is 5.83. The summed E-state index contributed by atoms with van der Waals surface area (Å²) in [4.78, 5) is 11.5. The van der Waals surface area contributed by atoms with Crippen LogP contribution in [-0.4, -0.2) is 22.7 Å². The van der Waals surface area contributed by atoms with E-state index < -0.39 is 12.0 Å². The lowest BCUT2D eigenvalue weighted by Crippen LogP contribution is -2.45. The van der Waals surface area contributed by atoms with E-state index >= 15 is 0 Å². The lowest BCUT2D eigenvalue weighted by Gasteiger charge is -2.21. The van der Waals surface area contributed by atoms with Crippen molar-refractivity contribution in [2.45, 2.75) is 32.4 Å². The van der Waals surface area contributed by atoms with E-state index in [2.05, 4.69) is 5.32 Å². The van der Waals surface area contributed by atoms with Crippen LogP contribution in [0.1, 0.15) is 26.5 Å². The van der Waals surface area contributed by atoms with Crippen molar-refractivity contribution in [3.05, 3.63) is 30.2 Å². The molecule has 1 rings (SSSR count). The number of carbonyl (C=O) groups excluding carboxylic acids is 1. The first-order valence-corrected chi connectivity index (χ1v) is 5.10. The minimum absolute atomic E-state index is 0.351. The van der Waals surface area contributed by atoms with Crippen molar-refractivity contribution in [1.29, 1.82) is 0 Å². The second kappa shape index (κ2) is 4.99. The Balaban J connectivity index is 2.52. The fourth-order valence-corrected chi connectivity index (χ4v) is 1.10. The van der Waals surface area contributed by atoms with Crippen molar-refractivity contribution in [1.82, 2.24) is 5.32 Å². The molecule has 0 radical (unpaired) electrons. The molecule has 1 atom stereocenters. The lowest BCUT2D eigenvalue weighted by atomic mass is 10.1. The van der Waals surface area contributed by atoms with Crippen LogP contribution in [-0.2, 0) is 4.79 Å². The zero-order valence-corrected chi connectivity index (χ0v) is 9.73. The standard InChI is InChI=1S/C12H17NO3/c1-12(2,3)13-11(15)10(14)7-6-9-5-4-8-16-9/h4-8,10,14H,1-3H3,(H,13,15)/b7-6+/t10-/m0/s1. The van der Waals surface area contributed by atoms with E-state index in [1.807, 2.05) is 20.8 Å². The van der Waals surface area contributed by atoms with Crippen molar-refractivity contribution < 1.29 is 14.3 Å². The molecule has 2 N–H and O–H groups in total. The van der Waals surface area contributed by atoms with Crippen LogP contribution in [0.15, 0.2) is 28.9 Å². The third-order valence-corrected chi connectivity index (χ3v) is 1.75. The predicted octanol–water partition coefficient (Wildman–Crippen LogP) is 1.57. The molecule has 0 aliphatic heterocycles. The van der Waals surface area contributed by atoms with Gasteiger partial charge in [-0.3, -0.25) is 4.79 Å². The maximum atomic E-state index is 11.5.